The van der Waals surface area contributed by atoms with Gasteiger partial charge in [-0.05, 0) is 30.6 Å². The third-order valence-electron chi connectivity index (χ3n) is 4.00. The molecule has 0 aromatic rings. The molecule has 0 saturated heterocycles. The monoisotopic (exact) mass is 281 g/mol. The predicted molar refractivity (Wildman–Crippen MR) is 74.0 cm³/mol. The Morgan fingerprint density at radius 1 is 1.20 bits per heavy atom. The van der Waals surface area contributed by atoms with Gasteiger partial charge in [-0.2, -0.15) is 0 Å². The number of carbonyl (C=O) groups is 1. The van der Waals surface area contributed by atoms with Crippen LogP contribution in [-0.4, -0.2) is 44.2 Å². The fraction of sp³-hybridized carbons (Fsp3) is 0.800. The molecule has 0 aliphatic heterocycles. The number of carbonyl (C=O) groups excluding carboxylic acids is 1. The topological polar surface area (TPSA) is 67.8 Å². The number of amides is 1. The van der Waals surface area contributed by atoms with Crippen LogP contribution in [0.25, 0.3) is 0 Å². The van der Waals surface area contributed by atoms with E-state index in [0.29, 0.717) is 44.1 Å². The summed E-state index contributed by atoms with van der Waals surface area (Å²) in [7, 11) is 0. The summed E-state index contributed by atoms with van der Waals surface area (Å²) in [6.07, 6.45) is 3.86. The van der Waals surface area contributed by atoms with Crippen molar-refractivity contribution in [1.29, 1.82) is 0 Å². The molecule has 2 aliphatic rings. The molecule has 0 radical (unpaired) electrons. The van der Waals surface area contributed by atoms with Gasteiger partial charge in [-0.1, -0.05) is 0 Å². The molecule has 0 aromatic heterocycles. The molecule has 0 unspecified atom stereocenters. The normalized spacial score (nSPS) is 27.4. The summed E-state index contributed by atoms with van der Waals surface area (Å²) in [5, 5.41) is 11.2. The lowest BCUT2D eigenvalue weighted by atomic mass is 10.1. The van der Waals surface area contributed by atoms with E-state index >= 15 is 0 Å². The molecule has 2 rings (SSSR count). The van der Waals surface area contributed by atoms with E-state index in [1.54, 1.807) is 0 Å². The maximum absolute atomic E-state index is 11.5. The van der Waals surface area contributed by atoms with Gasteiger partial charge in [-0.25, -0.2) is 4.79 Å². The van der Waals surface area contributed by atoms with Crippen molar-refractivity contribution in [3.63, 3.8) is 0 Å². The third kappa shape index (κ3) is 4.69. The summed E-state index contributed by atoms with van der Waals surface area (Å²) >= 11 is 0. The first-order chi connectivity index (χ1) is 9.83. The Morgan fingerprint density at radius 2 is 1.90 bits per heavy atom. The quantitative estimate of drug-likeness (QED) is 0.543. The van der Waals surface area contributed by atoms with Crippen molar-refractivity contribution in [2.24, 2.45) is 17.8 Å². The molecule has 0 heterocycles. The molecule has 2 aliphatic carbocycles. The zero-order chi connectivity index (χ0) is 14.2. The van der Waals surface area contributed by atoms with E-state index in [4.69, 9.17) is 14.6 Å². The van der Waals surface area contributed by atoms with E-state index in [0.717, 1.165) is 25.7 Å². The summed E-state index contributed by atoms with van der Waals surface area (Å²) in [4.78, 5) is 11.5. The van der Waals surface area contributed by atoms with Crippen LogP contribution in [0.5, 0.6) is 0 Å². The van der Waals surface area contributed by atoms with Gasteiger partial charge in [0.2, 0.25) is 0 Å². The van der Waals surface area contributed by atoms with Crippen molar-refractivity contribution in [3.05, 3.63) is 0 Å². The first-order valence-corrected chi connectivity index (χ1v) is 7.38. The van der Waals surface area contributed by atoms with E-state index < -0.39 is 0 Å². The number of fused-ring (bicyclic) bond motifs is 1. The van der Waals surface area contributed by atoms with E-state index in [1.807, 2.05) is 0 Å². The highest BCUT2D eigenvalue weighted by Gasteiger charge is 2.49. The van der Waals surface area contributed by atoms with E-state index in [9.17, 15) is 4.79 Å². The van der Waals surface area contributed by atoms with Gasteiger partial charge >= 0.3 is 6.09 Å². The average molecular weight is 281 g/mol. The molecule has 0 aromatic carbocycles. The minimum atomic E-state index is -0.381. The Hall–Kier alpha value is -1.25. The van der Waals surface area contributed by atoms with Crippen LogP contribution in [0.2, 0.25) is 0 Å². The Labute approximate surface area is 120 Å². The summed E-state index contributed by atoms with van der Waals surface area (Å²) in [6, 6.07) is 0. The maximum atomic E-state index is 11.5. The van der Waals surface area contributed by atoms with Crippen molar-refractivity contribution in [2.75, 3.05) is 33.0 Å². The number of nitrogens with one attached hydrogen (secondary N) is 1. The maximum Gasteiger partial charge on any atom is 0.407 e. The van der Waals surface area contributed by atoms with Crippen LogP contribution >= 0.6 is 0 Å². The van der Waals surface area contributed by atoms with E-state index in [-0.39, 0.29) is 12.7 Å². The summed E-state index contributed by atoms with van der Waals surface area (Å²) < 4.78 is 10.3. The van der Waals surface area contributed by atoms with Crippen LogP contribution in [0.1, 0.15) is 25.7 Å². The lowest BCUT2D eigenvalue weighted by Crippen LogP contribution is -2.29. The Morgan fingerprint density at radius 3 is 2.55 bits per heavy atom. The molecule has 20 heavy (non-hydrogen) atoms. The molecule has 2 N–H and O–H groups in total. The number of ether oxygens (including phenoxy) is 2. The highest BCUT2D eigenvalue weighted by molar-refractivity contribution is 5.67. The summed E-state index contributed by atoms with van der Waals surface area (Å²) in [5.74, 6) is 8.27. The predicted octanol–water partition coefficient (Wildman–Crippen LogP) is 1.16. The highest BCUT2D eigenvalue weighted by Crippen LogP contribution is 2.52. The second-order valence-corrected chi connectivity index (χ2v) is 5.28. The minimum absolute atomic E-state index is 0.00137. The molecular formula is C15H23NO4. The van der Waals surface area contributed by atoms with Gasteiger partial charge in [0.25, 0.3) is 0 Å². The van der Waals surface area contributed by atoms with Crippen molar-refractivity contribution in [1.82, 2.24) is 5.32 Å². The molecule has 0 spiro atoms. The Bertz CT molecular complexity index is 356. The number of rotatable bonds is 7. The van der Waals surface area contributed by atoms with Crippen LogP contribution in [0.4, 0.5) is 4.79 Å². The number of aliphatic hydroxyl groups excluding tert-OH is 1. The first-order valence-electron chi connectivity index (χ1n) is 7.38. The van der Waals surface area contributed by atoms with E-state index in [2.05, 4.69) is 17.2 Å². The number of hydrogen-bond donors (Lipinski definition) is 2. The fourth-order valence-electron chi connectivity index (χ4n) is 2.90. The second kappa shape index (κ2) is 8.13. The molecule has 5 nitrogen and oxygen atoms in total. The van der Waals surface area contributed by atoms with Crippen molar-refractivity contribution in [3.8, 4) is 11.8 Å². The molecule has 5 heteroatoms. The highest BCUT2D eigenvalue weighted by atomic mass is 16.5. The lowest BCUT2D eigenvalue weighted by Gasteiger charge is -2.07. The second-order valence-electron chi connectivity index (χ2n) is 5.28. The molecule has 1 amide bonds. The zero-order valence-electron chi connectivity index (χ0n) is 11.8. The van der Waals surface area contributed by atoms with Gasteiger partial charge in [0.15, 0.2) is 0 Å². The Kier molecular flexibility index (Phi) is 6.16. The number of alkyl carbamates (subject to hydrolysis) is 1. The van der Waals surface area contributed by atoms with Crippen molar-refractivity contribution < 1.29 is 19.4 Å². The van der Waals surface area contributed by atoms with Gasteiger partial charge in [-0.3, -0.25) is 0 Å². The molecule has 1 saturated carbocycles. The molecule has 112 valence electrons. The van der Waals surface area contributed by atoms with Gasteiger partial charge in [-0.15, -0.1) is 11.8 Å². The van der Waals surface area contributed by atoms with Gasteiger partial charge in [0, 0.05) is 19.4 Å². The average Bonchev–Trinajstić information content (AvgIpc) is 3.06. The number of hydrogen-bond acceptors (Lipinski definition) is 4. The number of aliphatic hydroxyl groups is 1. The van der Waals surface area contributed by atoms with Crippen LogP contribution in [0, 0.1) is 29.6 Å². The summed E-state index contributed by atoms with van der Waals surface area (Å²) in [5.41, 5.74) is 0. The molecule has 1 fully saturated rings. The Balaban J connectivity index is 1.54. The van der Waals surface area contributed by atoms with Gasteiger partial charge in [0.1, 0.15) is 0 Å². The van der Waals surface area contributed by atoms with E-state index in [1.165, 1.54) is 0 Å². The molecule has 0 bridgehead atoms. The fourth-order valence-corrected chi connectivity index (χ4v) is 2.90. The van der Waals surface area contributed by atoms with Gasteiger partial charge < -0.3 is 19.9 Å². The van der Waals surface area contributed by atoms with Crippen LogP contribution in [0.3, 0.4) is 0 Å². The van der Waals surface area contributed by atoms with Crippen LogP contribution in [-0.2, 0) is 9.47 Å². The largest absolute Gasteiger partial charge is 0.449 e. The van der Waals surface area contributed by atoms with Crippen LogP contribution in [0.15, 0.2) is 0 Å². The standard InChI is InChI=1S/C15H23NO4/c17-8-10-19-9-7-16-15(18)20-11-14-12-5-3-1-2-4-6-13(12)14/h12-14,17H,3-11H2,(H,16,18)/t12-,13+,14-. The van der Waals surface area contributed by atoms with Crippen molar-refractivity contribution >= 4 is 6.09 Å². The van der Waals surface area contributed by atoms with Crippen LogP contribution < -0.4 is 5.32 Å². The molecule has 3 atom stereocenters. The summed E-state index contributed by atoms with van der Waals surface area (Å²) in [6.45, 7) is 1.60. The minimum Gasteiger partial charge on any atom is -0.449 e. The third-order valence-corrected chi connectivity index (χ3v) is 4.00. The van der Waals surface area contributed by atoms with Gasteiger partial charge in [0.05, 0.1) is 26.4 Å². The smallest absolute Gasteiger partial charge is 0.407 e. The lowest BCUT2D eigenvalue weighted by molar-refractivity contribution is 0.0900. The van der Waals surface area contributed by atoms with Crippen molar-refractivity contribution in [2.45, 2.75) is 25.7 Å². The SMILES string of the molecule is O=C(NCCOCCO)OC[C@@H]1[C@@H]2CCC#CCC[C@@H]21. The molecular weight excluding hydrogens is 258 g/mol. The zero-order valence-corrected chi connectivity index (χ0v) is 11.8. The first kappa shape index (κ1) is 15.1.